The average molecular weight is 683 g/mol. The molecule has 0 aliphatic carbocycles. The maximum Gasteiger partial charge on any atom is 0.164 e. The molecule has 0 aliphatic heterocycles. The van der Waals surface area contributed by atoms with Crippen molar-refractivity contribution >= 4 is 32.7 Å². The first kappa shape index (κ1) is 25.7. The molecule has 0 N–H and O–H groups in total. The van der Waals surface area contributed by atoms with Gasteiger partial charge in [-0.15, -0.1) is 0 Å². The van der Waals surface area contributed by atoms with Gasteiger partial charge in [0.25, 0.3) is 0 Å². The van der Waals surface area contributed by atoms with Crippen molar-refractivity contribution < 1.29 is 11.3 Å². The molecule has 4 heteroatoms. The predicted octanol–water partition coefficient (Wildman–Crippen LogP) is 12.9. The summed E-state index contributed by atoms with van der Waals surface area (Å²) in [6.07, 6.45) is 0. The van der Waals surface area contributed by atoms with Crippen LogP contribution in [0.3, 0.4) is 0 Å². The molecule has 10 aromatic rings. The highest BCUT2D eigenvalue weighted by Gasteiger charge is 2.21. The quantitative estimate of drug-likeness (QED) is 0.175. The minimum Gasteiger partial charge on any atom is -0.455 e. The van der Waals surface area contributed by atoms with E-state index < -0.39 is 18.1 Å². The van der Waals surface area contributed by atoms with Crippen LogP contribution in [0.4, 0.5) is 0 Å². The van der Waals surface area contributed by atoms with Gasteiger partial charge in [0.2, 0.25) is 0 Å². The molecule has 2 aromatic heterocycles. The van der Waals surface area contributed by atoms with Gasteiger partial charge in [0.15, 0.2) is 17.5 Å². The fraction of sp³-hybridized carbons (Fsp3) is 0. The predicted molar refractivity (Wildman–Crippen MR) is 217 cm³/mol. The van der Waals surface area contributed by atoms with Crippen molar-refractivity contribution in [1.29, 1.82) is 0 Å². The normalized spacial score (nSPS) is 12.7. The van der Waals surface area contributed by atoms with Gasteiger partial charge >= 0.3 is 0 Å². The van der Waals surface area contributed by atoms with Gasteiger partial charge in [-0.05, 0) is 62.9 Å². The minimum absolute atomic E-state index is 0.0651. The molecule has 0 fully saturated rings. The van der Waals surface area contributed by atoms with E-state index in [0.29, 0.717) is 45.2 Å². The Bertz CT molecular complexity index is 3190. The molecule has 0 saturated carbocycles. The van der Waals surface area contributed by atoms with E-state index in [1.165, 1.54) is 10.8 Å². The van der Waals surface area contributed by atoms with E-state index in [2.05, 4.69) is 42.5 Å². The Morgan fingerprint density at radius 3 is 1.75 bits per heavy atom. The second kappa shape index (κ2) is 12.9. The van der Waals surface area contributed by atoms with Crippen molar-refractivity contribution in [2.24, 2.45) is 0 Å². The number of rotatable bonds is 6. The topological polar surface area (TPSA) is 51.8 Å². The molecular formula is C49H31N3O. The van der Waals surface area contributed by atoms with Crippen LogP contribution in [0.1, 0.15) is 6.85 Å². The molecule has 248 valence electrons. The van der Waals surface area contributed by atoms with E-state index in [-0.39, 0.29) is 17.6 Å². The number of furan rings is 1. The van der Waals surface area contributed by atoms with E-state index in [1.807, 2.05) is 115 Å². The molecule has 2 heterocycles. The van der Waals surface area contributed by atoms with Gasteiger partial charge in [-0.25, -0.2) is 15.0 Å². The molecule has 10 rings (SSSR count). The van der Waals surface area contributed by atoms with Crippen molar-refractivity contribution in [2.45, 2.75) is 0 Å². The largest absolute Gasteiger partial charge is 0.455 e. The molecule has 4 nitrogen and oxygen atoms in total. The van der Waals surface area contributed by atoms with Crippen LogP contribution in [0.5, 0.6) is 0 Å². The number of nitrogens with zero attached hydrogens (tertiary/aromatic N) is 3. The maximum atomic E-state index is 8.90. The first-order chi connectivity index (χ1) is 28.3. The van der Waals surface area contributed by atoms with Crippen LogP contribution >= 0.6 is 0 Å². The first-order valence-corrected chi connectivity index (χ1v) is 17.4. The molecule has 0 saturated heterocycles. The van der Waals surface area contributed by atoms with Gasteiger partial charge in [0, 0.05) is 33.0 Å². The lowest BCUT2D eigenvalue weighted by Crippen LogP contribution is -2.00. The lowest BCUT2D eigenvalue weighted by Gasteiger charge is -2.11. The van der Waals surface area contributed by atoms with Crippen molar-refractivity contribution in [3.63, 3.8) is 0 Å². The smallest absolute Gasteiger partial charge is 0.164 e. The lowest BCUT2D eigenvalue weighted by molar-refractivity contribution is 0.670. The molecule has 0 amide bonds. The van der Waals surface area contributed by atoms with Crippen LogP contribution < -0.4 is 0 Å². The van der Waals surface area contributed by atoms with Gasteiger partial charge < -0.3 is 4.42 Å². The summed E-state index contributed by atoms with van der Waals surface area (Å²) in [5.41, 5.74) is 7.61. The minimum atomic E-state index is -0.454. The van der Waals surface area contributed by atoms with Crippen LogP contribution in [-0.4, -0.2) is 15.0 Å². The second-order valence-corrected chi connectivity index (χ2v) is 12.9. The Balaban J connectivity index is 1.19. The highest BCUT2D eigenvalue weighted by Crippen LogP contribution is 2.43. The summed E-state index contributed by atoms with van der Waals surface area (Å²) in [6, 6.07) is 50.2. The van der Waals surface area contributed by atoms with E-state index in [1.54, 1.807) is 0 Å². The fourth-order valence-electron chi connectivity index (χ4n) is 7.00. The van der Waals surface area contributed by atoms with E-state index in [0.717, 1.165) is 38.8 Å². The maximum absolute atomic E-state index is 8.90. The Labute approximate surface area is 313 Å². The summed E-state index contributed by atoms with van der Waals surface area (Å²) in [4.78, 5) is 15.2. The highest BCUT2D eigenvalue weighted by molar-refractivity contribution is 6.16. The summed E-state index contributed by atoms with van der Waals surface area (Å²) in [7, 11) is 0. The number of fused-ring (bicyclic) bond motifs is 4. The van der Waals surface area contributed by atoms with Gasteiger partial charge in [0.05, 0.1) is 6.85 Å². The summed E-state index contributed by atoms with van der Waals surface area (Å²) >= 11 is 0. The number of hydrogen-bond donors (Lipinski definition) is 0. The van der Waals surface area contributed by atoms with Gasteiger partial charge in [0.1, 0.15) is 11.2 Å². The van der Waals surface area contributed by atoms with E-state index >= 15 is 0 Å². The average Bonchev–Trinajstić information content (AvgIpc) is 3.67. The van der Waals surface area contributed by atoms with Crippen LogP contribution in [-0.2, 0) is 0 Å². The number of benzene rings is 8. The number of hydrogen-bond acceptors (Lipinski definition) is 4. The van der Waals surface area contributed by atoms with Crippen molar-refractivity contribution in [1.82, 2.24) is 15.0 Å². The molecule has 0 aliphatic rings. The van der Waals surface area contributed by atoms with E-state index in [4.69, 9.17) is 26.2 Å². The van der Waals surface area contributed by atoms with Crippen LogP contribution in [0.15, 0.2) is 192 Å². The van der Waals surface area contributed by atoms with Crippen molar-refractivity contribution in [3.05, 3.63) is 188 Å². The zero-order chi connectivity index (χ0) is 39.5. The third-order valence-electron chi connectivity index (χ3n) is 9.61. The monoisotopic (exact) mass is 682 g/mol. The summed E-state index contributed by atoms with van der Waals surface area (Å²) in [5, 5.41) is 3.79. The van der Waals surface area contributed by atoms with Crippen LogP contribution in [0, 0.1) is 0 Å². The van der Waals surface area contributed by atoms with Crippen LogP contribution in [0.2, 0.25) is 0 Å². The highest BCUT2D eigenvalue weighted by atomic mass is 16.3. The lowest BCUT2D eigenvalue weighted by atomic mass is 9.95. The Kier molecular flexibility index (Phi) is 6.24. The Morgan fingerprint density at radius 1 is 0.396 bits per heavy atom. The fourth-order valence-corrected chi connectivity index (χ4v) is 7.00. The SMILES string of the molecule is [2H]c1c([2H])c([2H])c(-c2cc(-c3ccccc3)cc3c2oc2cccc(-c4nc(-c5ccccc5)nc(-c5ccc(-c6ccc7ccccc7c6)cc5)n4)c23)c([2H])c1[2H]. The zero-order valence-electron chi connectivity index (χ0n) is 33.3. The standard InChI is InChI=1S/C49H31N3O/c1-4-13-32(14-5-1)40-30-42(35-16-6-2-7-17-35)46-43(31-40)45-41(21-12-22-44(45)53-46)49-51-47(36-18-8-3-9-19-36)50-48(52-49)37-26-23-34(24-27-37)39-28-25-33-15-10-11-20-38(33)29-39/h1-31H/i2D,6D,7D,16D,17D. The van der Waals surface area contributed by atoms with Gasteiger partial charge in [-0.2, -0.15) is 0 Å². The first-order valence-electron chi connectivity index (χ1n) is 19.9. The van der Waals surface area contributed by atoms with Crippen molar-refractivity contribution in [3.8, 4) is 67.5 Å². The molecule has 0 unspecified atom stereocenters. The Morgan fingerprint density at radius 2 is 1.00 bits per heavy atom. The zero-order valence-corrected chi connectivity index (χ0v) is 28.3. The van der Waals surface area contributed by atoms with E-state index in [9.17, 15) is 0 Å². The van der Waals surface area contributed by atoms with Crippen molar-refractivity contribution in [2.75, 3.05) is 0 Å². The summed E-state index contributed by atoms with van der Waals surface area (Å²) in [5.74, 6) is 1.45. The summed E-state index contributed by atoms with van der Waals surface area (Å²) in [6.45, 7) is 0. The number of aromatic nitrogens is 3. The Hall–Kier alpha value is -7.17. The van der Waals surface area contributed by atoms with Gasteiger partial charge in [-0.3, -0.25) is 0 Å². The third-order valence-corrected chi connectivity index (χ3v) is 9.61. The molecule has 8 aromatic carbocycles. The second-order valence-electron chi connectivity index (χ2n) is 12.9. The molecular weight excluding hydrogens is 647 g/mol. The third kappa shape index (κ3) is 5.63. The molecule has 0 atom stereocenters. The molecule has 53 heavy (non-hydrogen) atoms. The molecule has 0 spiro atoms. The molecule has 0 bridgehead atoms. The van der Waals surface area contributed by atoms with Gasteiger partial charge in [-0.1, -0.05) is 164 Å². The molecule has 0 radical (unpaired) electrons. The summed E-state index contributed by atoms with van der Waals surface area (Å²) < 4.78 is 49.6. The van der Waals surface area contributed by atoms with Crippen LogP contribution in [0.25, 0.3) is 100 Å².